The number of nitrogens with zero attached hydrogens (tertiary/aromatic N) is 2. The van der Waals surface area contributed by atoms with E-state index in [0.29, 0.717) is 5.71 Å². The van der Waals surface area contributed by atoms with E-state index in [-0.39, 0.29) is 6.42 Å². The molecule has 1 unspecified atom stereocenters. The number of pyridine rings is 1. The van der Waals surface area contributed by atoms with Gasteiger partial charge < -0.3 is 5.11 Å². The summed E-state index contributed by atoms with van der Waals surface area (Å²) in [6.45, 7) is 0. The molecule has 5 heteroatoms. The Hall–Kier alpha value is -1.75. The summed E-state index contributed by atoms with van der Waals surface area (Å²) in [6.07, 6.45) is 2.52. The van der Waals surface area contributed by atoms with E-state index in [9.17, 15) is 9.90 Å². The van der Waals surface area contributed by atoms with Crippen LogP contribution in [0.3, 0.4) is 0 Å². The van der Waals surface area contributed by atoms with Gasteiger partial charge in [-0.15, -0.1) is 0 Å². The van der Waals surface area contributed by atoms with Gasteiger partial charge in [0.1, 0.15) is 6.10 Å². The maximum atomic E-state index is 10.9. The number of hydrogen-bond acceptors (Lipinski definition) is 4. The van der Waals surface area contributed by atoms with Gasteiger partial charge in [0.05, 0.1) is 5.71 Å². The molecule has 1 atom stereocenters. The number of rotatable bonds is 1. The summed E-state index contributed by atoms with van der Waals surface area (Å²) in [6, 6.07) is 3.56. The summed E-state index contributed by atoms with van der Waals surface area (Å²) < 4.78 is 0. The molecule has 0 aliphatic carbocycles. The van der Waals surface area contributed by atoms with Crippen molar-refractivity contribution in [2.24, 2.45) is 5.10 Å². The van der Waals surface area contributed by atoms with Gasteiger partial charge in [0.2, 0.25) is 0 Å². The summed E-state index contributed by atoms with van der Waals surface area (Å²) >= 11 is 0. The monoisotopic (exact) mass is 191 g/mol. The average Bonchev–Trinajstić information content (AvgIpc) is 2.23. The van der Waals surface area contributed by atoms with Crippen LogP contribution in [-0.4, -0.2) is 27.8 Å². The van der Waals surface area contributed by atoms with Crippen molar-refractivity contribution in [1.29, 1.82) is 0 Å². The van der Waals surface area contributed by atoms with E-state index in [1.807, 2.05) is 0 Å². The third-order valence-corrected chi connectivity index (χ3v) is 2.00. The zero-order valence-corrected chi connectivity index (χ0v) is 7.34. The van der Waals surface area contributed by atoms with Crippen LogP contribution in [0.5, 0.6) is 0 Å². The van der Waals surface area contributed by atoms with E-state index in [1.54, 1.807) is 24.5 Å². The zero-order valence-electron chi connectivity index (χ0n) is 7.34. The Balaban J connectivity index is 2.25. The number of carbonyl (C=O) groups excluding carboxylic acids is 1. The molecule has 0 fully saturated rings. The van der Waals surface area contributed by atoms with Gasteiger partial charge in [-0.25, -0.2) is 5.43 Å². The average molecular weight is 191 g/mol. The Morgan fingerprint density at radius 3 is 2.79 bits per heavy atom. The van der Waals surface area contributed by atoms with Gasteiger partial charge in [-0.2, -0.15) is 5.10 Å². The number of hydrazone groups is 1. The molecule has 0 saturated heterocycles. The minimum atomic E-state index is -1.00. The first-order chi connectivity index (χ1) is 6.77. The minimum Gasteiger partial charge on any atom is -0.383 e. The predicted octanol–water partition coefficient (Wildman–Crippen LogP) is -0.334. The van der Waals surface area contributed by atoms with Gasteiger partial charge in [0.25, 0.3) is 5.91 Å². The molecule has 2 heterocycles. The molecule has 1 aliphatic rings. The molecule has 1 aromatic rings. The van der Waals surface area contributed by atoms with E-state index in [1.165, 1.54) is 0 Å². The highest BCUT2D eigenvalue weighted by atomic mass is 16.3. The summed E-state index contributed by atoms with van der Waals surface area (Å²) in [5.41, 5.74) is 3.79. The first-order valence-corrected chi connectivity index (χ1v) is 4.22. The summed E-state index contributed by atoms with van der Waals surface area (Å²) in [7, 11) is 0. The second-order valence-corrected chi connectivity index (χ2v) is 2.99. The SMILES string of the molecule is O=C1NN=C(c2ccncc2)CC1O. The number of nitrogens with one attached hydrogen (secondary N) is 1. The maximum Gasteiger partial charge on any atom is 0.269 e. The Kier molecular flexibility index (Phi) is 2.24. The van der Waals surface area contributed by atoms with Crippen LogP contribution in [0.15, 0.2) is 29.6 Å². The highest BCUT2D eigenvalue weighted by Crippen LogP contribution is 2.09. The molecule has 0 radical (unpaired) electrons. The fourth-order valence-electron chi connectivity index (χ4n) is 1.25. The standard InChI is InChI=1S/C9H9N3O2/c13-8-5-7(11-12-9(8)14)6-1-3-10-4-2-6/h1-4,8,13H,5H2,(H,12,14). The third kappa shape index (κ3) is 1.62. The molecule has 2 rings (SSSR count). The number of aromatic nitrogens is 1. The lowest BCUT2D eigenvalue weighted by molar-refractivity contribution is -0.129. The van der Waals surface area contributed by atoms with E-state index >= 15 is 0 Å². The largest absolute Gasteiger partial charge is 0.383 e. The smallest absolute Gasteiger partial charge is 0.269 e. The van der Waals surface area contributed by atoms with Crippen LogP contribution in [0.2, 0.25) is 0 Å². The van der Waals surface area contributed by atoms with Crippen LogP contribution in [0.25, 0.3) is 0 Å². The second-order valence-electron chi connectivity index (χ2n) is 2.99. The van der Waals surface area contributed by atoms with Crippen molar-refractivity contribution < 1.29 is 9.90 Å². The third-order valence-electron chi connectivity index (χ3n) is 2.00. The van der Waals surface area contributed by atoms with Gasteiger partial charge in [-0.3, -0.25) is 9.78 Å². The molecule has 1 aliphatic heterocycles. The quantitative estimate of drug-likeness (QED) is 0.638. The predicted molar refractivity (Wildman–Crippen MR) is 49.5 cm³/mol. The zero-order chi connectivity index (χ0) is 9.97. The minimum absolute atomic E-state index is 0.246. The van der Waals surface area contributed by atoms with Gasteiger partial charge in [0, 0.05) is 24.4 Å². The molecule has 1 amide bonds. The van der Waals surface area contributed by atoms with Crippen LogP contribution < -0.4 is 5.43 Å². The molecule has 0 saturated carbocycles. The Bertz CT molecular complexity index is 375. The second kappa shape index (κ2) is 3.55. The van der Waals surface area contributed by atoms with Gasteiger partial charge >= 0.3 is 0 Å². The fraction of sp³-hybridized carbons (Fsp3) is 0.222. The van der Waals surface area contributed by atoms with Crippen molar-refractivity contribution >= 4 is 11.6 Å². The van der Waals surface area contributed by atoms with Gasteiger partial charge in [0.15, 0.2) is 0 Å². The first kappa shape index (κ1) is 8.83. The van der Waals surface area contributed by atoms with Crippen LogP contribution in [0, 0.1) is 0 Å². The number of carbonyl (C=O) groups is 1. The fourth-order valence-corrected chi connectivity index (χ4v) is 1.25. The number of aliphatic hydroxyl groups is 1. The van der Waals surface area contributed by atoms with Crippen molar-refractivity contribution in [3.8, 4) is 0 Å². The lowest BCUT2D eigenvalue weighted by atomic mass is 10.0. The molecule has 0 bridgehead atoms. The molecular formula is C9H9N3O2. The lowest BCUT2D eigenvalue weighted by Crippen LogP contribution is -2.38. The van der Waals surface area contributed by atoms with Crippen molar-refractivity contribution in [2.75, 3.05) is 0 Å². The van der Waals surface area contributed by atoms with Gasteiger partial charge in [-0.05, 0) is 12.1 Å². The number of aliphatic hydroxyl groups excluding tert-OH is 1. The van der Waals surface area contributed by atoms with Crippen molar-refractivity contribution in [1.82, 2.24) is 10.4 Å². The van der Waals surface area contributed by atoms with Gasteiger partial charge in [-0.1, -0.05) is 0 Å². The molecule has 1 aromatic heterocycles. The van der Waals surface area contributed by atoms with E-state index in [0.717, 1.165) is 5.56 Å². The molecular weight excluding hydrogens is 182 g/mol. The van der Waals surface area contributed by atoms with Crippen LogP contribution in [-0.2, 0) is 4.79 Å². The van der Waals surface area contributed by atoms with E-state index in [4.69, 9.17) is 0 Å². The molecule has 5 nitrogen and oxygen atoms in total. The van der Waals surface area contributed by atoms with Crippen molar-refractivity contribution in [3.63, 3.8) is 0 Å². The van der Waals surface area contributed by atoms with Crippen LogP contribution in [0.4, 0.5) is 0 Å². The first-order valence-electron chi connectivity index (χ1n) is 4.22. The molecule has 72 valence electrons. The Morgan fingerprint density at radius 2 is 2.14 bits per heavy atom. The maximum absolute atomic E-state index is 10.9. The van der Waals surface area contributed by atoms with Crippen molar-refractivity contribution in [3.05, 3.63) is 30.1 Å². The Morgan fingerprint density at radius 1 is 1.43 bits per heavy atom. The number of amides is 1. The topological polar surface area (TPSA) is 74.6 Å². The highest BCUT2D eigenvalue weighted by Gasteiger charge is 2.22. The molecule has 2 N–H and O–H groups in total. The molecule has 0 spiro atoms. The lowest BCUT2D eigenvalue weighted by Gasteiger charge is -2.16. The van der Waals surface area contributed by atoms with E-state index in [2.05, 4.69) is 15.5 Å². The molecule has 0 aromatic carbocycles. The Labute approximate surface area is 80.5 Å². The normalized spacial score (nSPS) is 21.4. The number of hydrogen-bond donors (Lipinski definition) is 2. The highest BCUT2D eigenvalue weighted by molar-refractivity contribution is 6.05. The van der Waals surface area contributed by atoms with E-state index < -0.39 is 12.0 Å². The van der Waals surface area contributed by atoms with Crippen molar-refractivity contribution in [2.45, 2.75) is 12.5 Å². The summed E-state index contributed by atoms with van der Waals surface area (Å²) in [5.74, 6) is -0.456. The van der Waals surface area contributed by atoms with Crippen LogP contribution >= 0.6 is 0 Å². The summed E-state index contributed by atoms with van der Waals surface area (Å²) in [4.78, 5) is 14.8. The summed E-state index contributed by atoms with van der Waals surface area (Å²) in [5, 5.41) is 13.2. The molecule has 14 heavy (non-hydrogen) atoms. The van der Waals surface area contributed by atoms with Crippen LogP contribution in [0.1, 0.15) is 12.0 Å².